The van der Waals surface area contributed by atoms with Gasteiger partial charge in [-0.2, -0.15) is 0 Å². The first-order valence-electron chi connectivity index (χ1n) is 7.70. The zero-order chi connectivity index (χ0) is 19.7. The van der Waals surface area contributed by atoms with Crippen molar-refractivity contribution in [3.8, 4) is 11.5 Å². The van der Waals surface area contributed by atoms with Gasteiger partial charge in [-0.15, -0.1) is 0 Å². The molecule has 6 nitrogen and oxygen atoms in total. The highest BCUT2D eigenvalue weighted by Crippen LogP contribution is 2.39. The van der Waals surface area contributed by atoms with Crippen molar-refractivity contribution in [2.45, 2.75) is 19.3 Å². The van der Waals surface area contributed by atoms with Crippen LogP contribution in [0.5, 0.6) is 11.5 Å². The molecule has 0 saturated heterocycles. The van der Waals surface area contributed by atoms with E-state index in [0.717, 1.165) is 0 Å². The van der Waals surface area contributed by atoms with Crippen LogP contribution in [-0.2, 0) is 17.8 Å². The lowest BCUT2D eigenvalue weighted by molar-refractivity contribution is -0.0688. The highest BCUT2D eigenvalue weighted by Gasteiger charge is 2.31. The summed E-state index contributed by atoms with van der Waals surface area (Å²) in [4.78, 5) is 23.7. The van der Waals surface area contributed by atoms with Crippen LogP contribution in [0.15, 0.2) is 18.2 Å². The highest BCUT2D eigenvalue weighted by molar-refractivity contribution is 6.39. The maximum absolute atomic E-state index is 12.1. The van der Waals surface area contributed by atoms with Crippen LogP contribution in [0.3, 0.4) is 0 Å². The molecule has 0 spiro atoms. The molecule has 2 aromatic carbocycles. The minimum absolute atomic E-state index is 0.0272. The van der Waals surface area contributed by atoms with Crippen LogP contribution in [0, 0.1) is 0 Å². The molecule has 0 aromatic heterocycles. The van der Waals surface area contributed by atoms with E-state index in [0.29, 0.717) is 32.5 Å². The molecule has 1 aliphatic rings. The molecule has 27 heavy (non-hydrogen) atoms. The van der Waals surface area contributed by atoms with Crippen molar-refractivity contribution in [3.63, 3.8) is 0 Å². The molecule has 1 aliphatic heterocycles. The van der Waals surface area contributed by atoms with Gasteiger partial charge in [-0.25, -0.2) is 4.79 Å². The second-order valence-corrected chi connectivity index (χ2v) is 6.92. The highest BCUT2D eigenvalue weighted by atomic mass is 35.5. The van der Waals surface area contributed by atoms with Crippen molar-refractivity contribution >= 4 is 47.1 Å². The molecular weight excluding hydrogens is 419 g/mol. The number of halogens is 3. The Morgan fingerprint density at radius 3 is 2.52 bits per heavy atom. The molecule has 0 fully saturated rings. The number of hydrogen-bond donors (Lipinski definition) is 1. The van der Waals surface area contributed by atoms with E-state index in [9.17, 15) is 14.7 Å². The van der Waals surface area contributed by atoms with Crippen LogP contribution in [0.2, 0.25) is 15.1 Å². The molecule has 0 radical (unpaired) electrons. The number of fused-ring (bicyclic) bond motifs is 1. The molecule has 0 saturated carbocycles. The van der Waals surface area contributed by atoms with Crippen molar-refractivity contribution < 1.29 is 28.9 Å². The first kappa shape index (κ1) is 19.8. The van der Waals surface area contributed by atoms with Crippen molar-refractivity contribution in [2.24, 2.45) is 0 Å². The maximum atomic E-state index is 12.1. The number of aliphatic hydroxyl groups is 1. The molecule has 0 bridgehead atoms. The van der Waals surface area contributed by atoms with E-state index >= 15 is 0 Å². The minimum atomic E-state index is -1.33. The van der Waals surface area contributed by atoms with E-state index in [1.165, 1.54) is 25.3 Å². The Morgan fingerprint density at radius 2 is 1.93 bits per heavy atom. The fraction of sp³-hybridized carbons (Fsp3) is 0.222. The molecule has 142 valence electrons. The van der Waals surface area contributed by atoms with Crippen molar-refractivity contribution in [1.29, 1.82) is 0 Å². The van der Waals surface area contributed by atoms with Gasteiger partial charge >= 0.3 is 5.97 Å². The first-order chi connectivity index (χ1) is 12.8. The summed E-state index contributed by atoms with van der Waals surface area (Å²) in [7, 11) is 1.36. The quantitative estimate of drug-likeness (QED) is 0.567. The lowest BCUT2D eigenvalue weighted by Gasteiger charge is -2.24. The van der Waals surface area contributed by atoms with Gasteiger partial charge in [0.25, 0.3) is 0 Å². The number of aldehydes is 1. The van der Waals surface area contributed by atoms with Gasteiger partial charge < -0.3 is 19.3 Å². The summed E-state index contributed by atoms with van der Waals surface area (Å²) in [5.74, 6) is -0.498. The third-order valence-electron chi connectivity index (χ3n) is 4.04. The fourth-order valence-corrected chi connectivity index (χ4v) is 3.73. The summed E-state index contributed by atoms with van der Waals surface area (Å²) in [5.41, 5.74) is 1.04. The second-order valence-electron chi connectivity index (χ2n) is 5.67. The SMILES string of the molecule is COc1c(OCc2c(Cl)cc(Cl)cc2Cl)cc2c(c1C=O)CC(O)OC2=O. The normalized spacial score (nSPS) is 15.7. The molecule has 0 aliphatic carbocycles. The van der Waals surface area contributed by atoms with Crippen molar-refractivity contribution in [1.82, 2.24) is 0 Å². The molecular formula is C18H13Cl3O6. The Morgan fingerprint density at radius 1 is 1.26 bits per heavy atom. The predicted octanol–water partition coefficient (Wildman–Crippen LogP) is 4.08. The summed E-state index contributed by atoms with van der Waals surface area (Å²) in [6, 6.07) is 4.44. The number of carbonyl (C=O) groups is 2. The van der Waals surface area contributed by atoms with Gasteiger partial charge in [0.2, 0.25) is 6.29 Å². The van der Waals surface area contributed by atoms with Crippen LogP contribution < -0.4 is 9.47 Å². The lowest BCUT2D eigenvalue weighted by Crippen LogP contribution is -2.28. The first-order valence-corrected chi connectivity index (χ1v) is 8.83. The Balaban J connectivity index is 2.02. The largest absolute Gasteiger partial charge is 0.492 e. The van der Waals surface area contributed by atoms with E-state index in [2.05, 4.69) is 0 Å². The van der Waals surface area contributed by atoms with Gasteiger partial charge in [-0.1, -0.05) is 34.8 Å². The van der Waals surface area contributed by atoms with Gasteiger partial charge in [0.1, 0.15) is 6.61 Å². The Kier molecular flexibility index (Phi) is 5.81. The Hall–Kier alpha value is -1.99. The number of ether oxygens (including phenoxy) is 3. The van der Waals surface area contributed by atoms with Gasteiger partial charge in [0.15, 0.2) is 17.8 Å². The van der Waals surface area contributed by atoms with Crippen molar-refractivity contribution in [3.05, 3.63) is 55.5 Å². The van der Waals surface area contributed by atoms with E-state index in [1.807, 2.05) is 0 Å². The molecule has 2 aromatic rings. The number of benzene rings is 2. The number of methoxy groups -OCH3 is 1. The molecule has 9 heteroatoms. The monoisotopic (exact) mass is 430 g/mol. The predicted molar refractivity (Wildman–Crippen MR) is 99.3 cm³/mol. The van der Waals surface area contributed by atoms with Gasteiger partial charge in [0, 0.05) is 17.0 Å². The van der Waals surface area contributed by atoms with Gasteiger partial charge in [-0.05, 0) is 23.8 Å². The number of esters is 1. The summed E-state index contributed by atoms with van der Waals surface area (Å²) in [6.45, 7) is -0.0556. The third-order valence-corrected chi connectivity index (χ3v) is 4.93. The van der Waals surface area contributed by atoms with Crippen LogP contribution in [0.1, 0.15) is 31.8 Å². The summed E-state index contributed by atoms with van der Waals surface area (Å²) in [5, 5.41) is 10.6. The molecule has 0 amide bonds. The van der Waals surface area contributed by atoms with E-state index < -0.39 is 12.3 Å². The standard InChI is InChI=1S/C18H13Cl3O6/c1-25-17-11(6-22)9-5-16(23)27-18(24)10(9)4-15(17)26-7-12-13(20)2-8(19)3-14(12)21/h2-4,6,16,23H,5,7H2,1H3. The molecule has 1 N–H and O–H groups in total. The Bertz CT molecular complexity index is 905. The smallest absolute Gasteiger partial charge is 0.340 e. The zero-order valence-corrected chi connectivity index (χ0v) is 16.2. The van der Waals surface area contributed by atoms with E-state index in [-0.39, 0.29) is 35.7 Å². The lowest BCUT2D eigenvalue weighted by atomic mass is 9.95. The van der Waals surface area contributed by atoms with Crippen LogP contribution in [-0.4, -0.2) is 30.8 Å². The Labute approximate surface area is 169 Å². The molecule has 3 rings (SSSR count). The fourth-order valence-electron chi connectivity index (χ4n) is 2.81. The number of aliphatic hydroxyl groups excluding tert-OH is 1. The van der Waals surface area contributed by atoms with Crippen LogP contribution in [0.4, 0.5) is 0 Å². The molecule has 1 heterocycles. The topological polar surface area (TPSA) is 82.1 Å². The third kappa shape index (κ3) is 3.84. The van der Waals surface area contributed by atoms with Gasteiger partial charge in [-0.3, -0.25) is 4.79 Å². The second kappa shape index (κ2) is 7.94. The van der Waals surface area contributed by atoms with Crippen LogP contribution in [0.25, 0.3) is 0 Å². The van der Waals surface area contributed by atoms with Crippen molar-refractivity contribution in [2.75, 3.05) is 7.11 Å². The number of carbonyl (C=O) groups excluding carboxylic acids is 2. The minimum Gasteiger partial charge on any atom is -0.492 e. The van der Waals surface area contributed by atoms with E-state index in [1.54, 1.807) is 0 Å². The zero-order valence-electron chi connectivity index (χ0n) is 13.9. The number of rotatable bonds is 5. The average Bonchev–Trinajstić information content (AvgIpc) is 2.59. The number of cyclic esters (lactones) is 1. The average molecular weight is 432 g/mol. The summed E-state index contributed by atoms with van der Waals surface area (Å²) < 4.78 is 15.8. The van der Waals surface area contributed by atoms with E-state index in [4.69, 9.17) is 49.0 Å². The summed E-state index contributed by atoms with van der Waals surface area (Å²) >= 11 is 18.2. The van der Waals surface area contributed by atoms with Crippen LogP contribution >= 0.6 is 34.8 Å². The molecule has 1 unspecified atom stereocenters. The summed E-state index contributed by atoms with van der Waals surface area (Å²) in [6.07, 6.45) is -0.814. The van der Waals surface area contributed by atoms with Gasteiger partial charge in [0.05, 0.1) is 28.3 Å². The molecule has 1 atom stereocenters. The maximum Gasteiger partial charge on any atom is 0.340 e. The number of hydrogen-bond acceptors (Lipinski definition) is 6.